The molecule has 62 heavy (non-hydrogen) atoms. The van der Waals surface area contributed by atoms with Crippen LogP contribution in [0, 0.1) is 6.92 Å². The summed E-state index contributed by atoms with van der Waals surface area (Å²) < 4.78 is 12.1. The van der Waals surface area contributed by atoms with Gasteiger partial charge in [-0.3, -0.25) is 0 Å². The third-order valence-corrected chi connectivity index (χ3v) is 10.3. The van der Waals surface area contributed by atoms with Gasteiger partial charge in [-0.2, -0.15) is 0 Å². The van der Waals surface area contributed by atoms with Gasteiger partial charge in [0.1, 0.15) is 22.7 Å². The van der Waals surface area contributed by atoms with Gasteiger partial charge in [-0.15, -0.1) is 0 Å². The summed E-state index contributed by atoms with van der Waals surface area (Å²) in [6.07, 6.45) is 25.5. The van der Waals surface area contributed by atoms with E-state index in [2.05, 4.69) is 192 Å². The molecule has 0 fully saturated rings. The Labute approximate surface area is 370 Å². The van der Waals surface area contributed by atoms with Crippen LogP contribution in [0.5, 0.6) is 0 Å². The Morgan fingerprint density at radius 3 is 1.90 bits per heavy atom. The Hall–Kier alpha value is -6.84. The third-order valence-electron chi connectivity index (χ3n) is 10.3. The summed E-state index contributed by atoms with van der Waals surface area (Å²) in [5, 5.41) is 2.28. The van der Waals surface area contributed by atoms with Crippen molar-refractivity contribution in [3.8, 4) is 11.1 Å². The molecule has 0 radical (unpaired) electrons. The lowest BCUT2D eigenvalue weighted by molar-refractivity contribution is 0.524. The number of nitrogens with two attached hydrogens (primary N) is 1. The van der Waals surface area contributed by atoms with E-state index in [4.69, 9.17) is 14.6 Å². The van der Waals surface area contributed by atoms with E-state index in [1.54, 1.807) is 0 Å². The van der Waals surface area contributed by atoms with E-state index in [1.165, 1.54) is 34.3 Å². The molecule has 0 amide bonds. The fraction of sp³-hybridized carbons (Fsp3) is 0.186. The lowest BCUT2D eigenvalue weighted by Crippen LogP contribution is -1.99. The van der Waals surface area contributed by atoms with Gasteiger partial charge >= 0.3 is 0 Å². The summed E-state index contributed by atoms with van der Waals surface area (Å²) >= 11 is 0. The molecule has 7 aromatic rings. The van der Waals surface area contributed by atoms with E-state index in [-0.39, 0.29) is 0 Å². The van der Waals surface area contributed by atoms with Crippen molar-refractivity contribution in [2.45, 2.75) is 74.1 Å². The first-order chi connectivity index (χ1) is 30.3. The third kappa shape index (κ3) is 12.1. The average molecular weight is 818 g/mol. The van der Waals surface area contributed by atoms with E-state index in [0.29, 0.717) is 5.92 Å². The molecule has 8 rings (SSSR count). The SMILES string of the molecule is CC.CC(/C=C(\N)c1ccc(-c2ccccc2)cc1)c1ccccc1.CC/C=C\c1c(C)oc2c1/C=C/C=C/C(C)=C(c1ccc3oc4ccccc4c3c1)\C=C/C=C\2.CCC. The average Bonchev–Trinajstić information content (AvgIpc) is 3.83. The highest BCUT2D eigenvalue weighted by Crippen LogP contribution is 2.33. The first-order valence-corrected chi connectivity index (χ1v) is 22.1. The Bertz CT molecular complexity index is 2690. The number of rotatable bonds is 7. The van der Waals surface area contributed by atoms with Gasteiger partial charge in [0.05, 0.1) is 0 Å². The molecular weight excluding hydrogens is 755 g/mol. The molecule has 316 valence electrons. The second-order valence-corrected chi connectivity index (χ2v) is 15.0. The number of fused-ring (bicyclic) bond motifs is 4. The van der Waals surface area contributed by atoms with Crippen molar-refractivity contribution in [3.63, 3.8) is 0 Å². The molecule has 5 aromatic carbocycles. The second kappa shape index (κ2) is 23.8. The van der Waals surface area contributed by atoms with Crippen LogP contribution in [-0.2, 0) is 0 Å². The Morgan fingerprint density at radius 2 is 1.19 bits per heavy atom. The zero-order chi connectivity index (χ0) is 44.3. The molecule has 2 heterocycles. The van der Waals surface area contributed by atoms with Crippen molar-refractivity contribution in [3.05, 3.63) is 221 Å². The molecular formula is C59H63NO2. The predicted molar refractivity (Wildman–Crippen MR) is 272 cm³/mol. The summed E-state index contributed by atoms with van der Waals surface area (Å²) in [5.41, 5.74) is 19.5. The maximum Gasteiger partial charge on any atom is 0.135 e. The van der Waals surface area contributed by atoms with Gasteiger partial charge in [0.2, 0.25) is 0 Å². The van der Waals surface area contributed by atoms with Crippen LogP contribution < -0.4 is 5.73 Å². The Balaban J connectivity index is 0.000000225. The van der Waals surface area contributed by atoms with Crippen molar-refractivity contribution < 1.29 is 8.83 Å². The summed E-state index contributed by atoms with van der Waals surface area (Å²) in [5.74, 6) is 2.10. The fourth-order valence-electron chi connectivity index (χ4n) is 7.13. The molecule has 0 saturated carbocycles. The van der Waals surface area contributed by atoms with Crippen molar-refractivity contribution in [1.29, 1.82) is 0 Å². The second-order valence-electron chi connectivity index (χ2n) is 15.0. The van der Waals surface area contributed by atoms with Gasteiger partial charge < -0.3 is 14.6 Å². The molecule has 2 aromatic heterocycles. The summed E-state index contributed by atoms with van der Waals surface area (Å²) in [4.78, 5) is 0. The van der Waals surface area contributed by atoms with Crippen LogP contribution in [0.25, 0.3) is 62.6 Å². The quantitative estimate of drug-likeness (QED) is 0.174. The van der Waals surface area contributed by atoms with Crippen LogP contribution in [0.3, 0.4) is 0 Å². The minimum Gasteiger partial charge on any atom is -0.461 e. The van der Waals surface area contributed by atoms with E-state index in [9.17, 15) is 0 Å². The standard InChI is InChI=1S/C32H28O2.C22H21N.C3H8.C2H6/c1-4-5-13-26-23(3)33-30-17-10-8-14-25(22(2)12-6-7-15-27(26)30)24-19-20-32-29(21-24)28-16-9-11-18-31(28)34-32;1-17(18-8-4-2-5-9-18)16-22(23)21-14-12-20(13-15-21)19-10-6-3-7-11-19;1-3-2;1-2/h5-21H,4H2,1-3H3;2-17H,23H2,1H3;3H2,1-2H3;1-2H3/b7-6?,10-8?,12-6+,13-5-,14-8-,15-7+,17-10-,22-12?,25-14?,25-22+,27-15?,30-17?;22-16-;;. The van der Waals surface area contributed by atoms with Gasteiger partial charge in [-0.25, -0.2) is 0 Å². The molecule has 1 aliphatic carbocycles. The molecule has 1 unspecified atom stereocenters. The van der Waals surface area contributed by atoms with E-state index in [1.807, 2.05) is 57.2 Å². The smallest absolute Gasteiger partial charge is 0.135 e. The molecule has 1 aliphatic rings. The molecule has 3 heteroatoms. The Kier molecular flexibility index (Phi) is 17.8. The number of aryl methyl sites for hydroxylation is 1. The Morgan fingerprint density at radius 1 is 0.613 bits per heavy atom. The van der Waals surface area contributed by atoms with Crippen molar-refractivity contribution in [2.24, 2.45) is 5.73 Å². The van der Waals surface area contributed by atoms with Crippen LogP contribution in [0.1, 0.15) is 107 Å². The first kappa shape index (κ1) is 46.2. The molecule has 2 N–H and O–H groups in total. The fourth-order valence-corrected chi connectivity index (χ4v) is 7.13. The van der Waals surface area contributed by atoms with Gasteiger partial charge in [-0.1, -0.05) is 218 Å². The lowest BCUT2D eigenvalue weighted by Gasteiger charge is -2.10. The summed E-state index contributed by atoms with van der Waals surface area (Å²) in [6.45, 7) is 16.7. The van der Waals surface area contributed by atoms with Gasteiger partial charge in [0, 0.05) is 33.5 Å². The van der Waals surface area contributed by atoms with Crippen LogP contribution in [0.4, 0.5) is 0 Å². The number of para-hydroxylation sites is 1. The van der Waals surface area contributed by atoms with Gasteiger partial charge in [-0.05, 0) is 83.5 Å². The number of furan rings is 2. The van der Waals surface area contributed by atoms with Gasteiger partial charge in [0.15, 0.2) is 0 Å². The highest BCUT2D eigenvalue weighted by molar-refractivity contribution is 6.06. The maximum absolute atomic E-state index is 6.28. The monoisotopic (exact) mass is 817 g/mol. The molecule has 3 nitrogen and oxygen atoms in total. The number of hydrogen-bond acceptors (Lipinski definition) is 3. The normalized spacial score (nSPS) is 16.2. The minimum absolute atomic E-state index is 0.296. The van der Waals surface area contributed by atoms with E-state index >= 15 is 0 Å². The summed E-state index contributed by atoms with van der Waals surface area (Å²) in [6, 6.07) is 43.8. The number of hydrogen-bond donors (Lipinski definition) is 1. The molecule has 0 spiro atoms. The lowest BCUT2D eigenvalue weighted by atomic mass is 9.97. The van der Waals surface area contributed by atoms with E-state index < -0.39 is 0 Å². The van der Waals surface area contributed by atoms with Gasteiger partial charge in [0.25, 0.3) is 0 Å². The molecule has 0 bridgehead atoms. The van der Waals surface area contributed by atoms with E-state index in [0.717, 1.165) is 67.8 Å². The highest BCUT2D eigenvalue weighted by atomic mass is 16.3. The van der Waals surface area contributed by atoms with Crippen molar-refractivity contribution >= 4 is 51.4 Å². The van der Waals surface area contributed by atoms with Crippen LogP contribution in [-0.4, -0.2) is 0 Å². The zero-order valence-corrected chi connectivity index (χ0v) is 37.9. The molecule has 0 aliphatic heterocycles. The number of allylic oxidation sites excluding steroid dienone is 10. The van der Waals surface area contributed by atoms with Crippen molar-refractivity contribution in [1.82, 2.24) is 0 Å². The van der Waals surface area contributed by atoms with Crippen molar-refractivity contribution in [2.75, 3.05) is 0 Å². The van der Waals surface area contributed by atoms with Crippen LogP contribution in [0.2, 0.25) is 0 Å². The highest BCUT2D eigenvalue weighted by Gasteiger charge is 2.13. The maximum atomic E-state index is 6.28. The minimum atomic E-state index is 0.296. The summed E-state index contributed by atoms with van der Waals surface area (Å²) in [7, 11) is 0. The molecule has 1 atom stereocenters. The first-order valence-electron chi connectivity index (χ1n) is 22.1. The largest absolute Gasteiger partial charge is 0.461 e. The predicted octanol–water partition coefficient (Wildman–Crippen LogP) is 17.4. The number of benzene rings is 5. The van der Waals surface area contributed by atoms with Crippen LogP contribution >= 0.6 is 0 Å². The molecule has 0 saturated heterocycles. The topological polar surface area (TPSA) is 52.3 Å². The van der Waals surface area contributed by atoms with Crippen LogP contribution in [0.15, 0.2) is 190 Å². The zero-order valence-electron chi connectivity index (χ0n) is 37.9.